The molecule has 0 aliphatic carbocycles. The summed E-state index contributed by atoms with van der Waals surface area (Å²) in [5.74, 6) is 1.62. The smallest absolute Gasteiger partial charge is 0.242 e. The van der Waals surface area contributed by atoms with E-state index in [0.717, 1.165) is 56.7 Å². The van der Waals surface area contributed by atoms with Crippen LogP contribution in [0, 0.1) is 6.92 Å². The highest BCUT2D eigenvalue weighted by atomic mass is 32.2. The first-order valence-corrected chi connectivity index (χ1v) is 11.5. The van der Waals surface area contributed by atoms with E-state index in [1.165, 1.54) is 12.3 Å². The van der Waals surface area contributed by atoms with E-state index >= 15 is 0 Å². The second kappa shape index (κ2) is 10.5. The number of hydrogen-bond donors (Lipinski definition) is 2. The SMILES string of the molecule is CCNC(=NCCNS(=O)(=O)c1cccnc1)N1CCN(Cc2cc(C)on2)CC1. The summed E-state index contributed by atoms with van der Waals surface area (Å²) >= 11 is 0. The summed E-state index contributed by atoms with van der Waals surface area (Å²) in [6.07, 6.45) is 2.87. The molecule has 0 bridgehead atoms. The predicted octanol–water partition coefficient (Wildman–Crippen LogP) is 0.440. The lowest BCUT2D eigenvalue weighted by molar-refractivity contribution is 0.169. The van der Waals surface area contributed by atoms with E-state index in [2.05, 4.69) is 35.0 Å². The van der Waals surface area contributed by atoms with Crippen LogP contribution >= 0.6 is 0 Å². The van der Waals surface area contributed by atoms with E-state index in [4.69, 9.17) is 4.52 Å². The van der Waals surface area contributed by atoms with E-state index in [-0.39, 0.29) is 11.4 Å². The maximum Gasteiger partial charge on any atom is 0.242 e. The summed E-state index contributed by atoms with van der Waals surface area (Å²) in [4.78, 5) is 13.1. The molecule has 0 spiro atoms. The molecule has 10 nitrogen and oxygen atoms in total. The summed E-state index contributed by atoms with van der Waals surface area (Å²) in [6, 6.07) is 5.08. The number of piperazine rings is 1. The van der Waals surface area contributed by atoms with Gasteiger partial charge in [-0.05, 0) is 26.0 Å². The first-order valence-electron chi connectivity index (χ1n) is 10.1. The highest BCUT2D eigenvalue weighted by Crippen LogP contribution is 2.09. The van der Waals surface area contributed by atoms with Gasteiger partial charge in [-0.2, -0.15) is 0 Å². The third-order valence-electron chi connectivity index (χ3n) is 4.68. The summed E-state index contributed by atoms with van der Waals surface area (Å²) in [6.45, 7) is 9.46. The molecule has 1 aliphatic heterocycles. The Kier molecular flexibility index (Phi) is 7.77. The zero-order valence-electron chi connectivity index (χ0n) is 17.4. The van der Waals surface area contributed by atoms with Crippen LogP contribution in [-0.2, 0) is 16.6 Å². The Morgan fingerprint density at radius 3 is 2.73 bits per heavy atom. The zero-order valence-corrected chi connectivity index (χ0v) is 18.2. The minimum Gasteiger partial charge on any atom is -0.361 e. The van der Waals surface area contributed by atoms with Crippen LogP contribution in [0.4, 0.5) is 0 Å². The summed E-state index contributed by atoms with van der Waals surface area (Å²) < 4.78 is 32.2. The van der Waals surface area contributed by atoms with Crippen molar-refractivity contribution in [1.82, 2.24) is 30.0 Å². The van der Waals surface area contributed by atoms with Crippen LogP contribution in [-0.4, -0.2) is 80.1 Å². The van der Waals surface area contributed by atoms with Gasteiger partial charge in [-0.15, -0.1) is 0 Å². The largest absolute Gasteiger partial charge is 0.361 e. The Hall–Kier alpha value is -2.50. The zero-order chi connectivity index (χ0) is 21.4. The monoisotopic (exact) mass is 435 g/mol. The standard InChI is InChI=1S/C19H29N7O3S/c1-3-21-19(22-7-8-23-30(27,28)18-5-4-6-20-14-18)26-11-9-25(10-12-26)15-17-13-16(2)29-24-17/h4-6,13-14,23H,3,7-12,15H2,1-2H3,(H,21,22). The fourth-order valence-corrected chi connectivity index (χ4v) is 4.18. The van der Waals surface area contributed by atoms with E-state index in [0.29, 0.717) is 6.54 Å². The van der Waals surface area contributed by atoms with Gasteiger partial charge in [0.1, 0.15) is 10.7 Å². The number of hydrogen-bond acceptors (Lipinski definition) is 7. The molecule has 3 heterocycles. The Bertz CT molecular complexity index is 923. The number of nitrogens with zero attached hydrogens (tertiary/aromatic N) is 5. The topological polar surface area (TPSA) is 116 Å². The fourth-order valence-electron chi connectivity index (χ4n) is 3.20. The molecule has 3 rings (SSSR count). The van der Waals surface area contributed by atoms with Crippen molar-refractivity contribution in [3.05, 3.63) is 42.0 Å². The molecule has 30 heavy (non-hydrogen) atoms. The van der Waals surface area contributed by atoms with E-state index in [9.17, 15) is 8.42 Å². The number of aliphatic imine (C=N–C) groups is 1. The maximum absolute atomic E-state index is 12.2. The summed E-state index contributed by atoms with van der Waals surface area (Å²) in [5.41, 5.74) is 0.947. The highest BCUT2D eigenvalue weighted by molar-refractivity contribution is 7.89. The highest BCUT2D eigenvalue weighted by Gasteiger charge is 2.20. The molecule has 0 atom stereocenters. The average Bonchev–Trinajstić information content (AvgIpc) is 3.16. The third-order valence-corrected chi connectivity index (χ3v) is 6.13. The van der Waals surface area contributed by atoms with Crippen molar-refractivity contribution < 1.29 is 12.9 Å². The molecule has 1 fully saturated rings. The van der Waals surface area contributed by atoms with Crippen molar-refractivity contribution in [2.75, 3.05) is 45.8 Å². The quantitative estimate of drug-likeness (QED) is 0.349. The third kappa shape index (κ3) is 6.25. The van der Waals surface area contributed by atoms with Crippen LogP contribution < -0.4 is 10.0 Å². The molecule has 0 saturated carbocycles. The molecule has 1 aliphatic rings. The van der Waals surface area contributed by atoms with Crippen molar-refractivity contribution >= 4 is 16.0 Å². The van der Waals surface area contributed by atoms with Crippen LogP contribution in [0.15, 0.2) is 45.0 Å². The minimum atomic E-state index is -3.57. The van der Waals surface area contributed by atoms with Crippen LogP contribution in [0.5, 0.6) is 0 Å². The Morgan fingerprint density at radius 1 is 1.30 bits per heavy atom. The number of aryl methyl sites for hydroxylation is 1. The molecule has 2 aromatic heterocycles. The molecule has 0 unspecified atom stereocenters. The van der Waals surface area contributed by atoms with Crippen LogP contribution in [0.25, 0.3) is 0 Å². The molecular weight excluding hydrogens is 406 g/mol. The predicted molar refractivity (Wildman–Crippen MR) is 113 cm³/mol. The van der Waals surface area contributed by atoms with Crippen molar-refractivity contribution in [2.24, 2.45) is 4.99 Å². The number of guanidine groups is 1. The molecule has 164 valence electrons. The molecule has 0 amide bonds. The fraction of sp³-hybridized carbons (Fsp3) is 0.526. The van der Waals surface area contributed by atoms with Gasteiger partial charge in [0.15, 0.2) is 5.96 Å². The summed E-state index contributed by atoms with van der Waals surface area (Å²) in [5, 5.41) is 7.35. The number of sulfonamides is 1. The molecule has 11 heteroatoms. The van der Waals surface area contributed by atoms with Crippen molar-refractivity contribution in [3.8, 4) is 0 Å². The van der Waals surface area contributed by atoms with Gasteiger partial charge < -0.3 is 14.7 Å². The lowest BCUT2D eigenvalue weighted by atomic mass is 10.3. The first kappa shape index (κ1) is 22.2. The van der Waals surface area contributed by atoms with Gasteiger partial charge in [0.05, 0.1) is 12.2 Å². The van der Waals surface area contributed by atoms with Crippen LogP contribution in [0.2, 0.25) is 0 Å². The van der Waals surface area contributed by atoms with Crippen LogP contribution in [0.3, 0.4) is 0 Å². The molecule has 2 N–H and O–H groups in total. The number of rotatable bonds is 8. The molecular formula is C19H29N7O3S. The van der Waals surface area contributed by atoms with Gasteiger partial charge in [0, 0.05) is 64.3 Å². The first-order chi connectivity index (χ1) is 14.5. The Balaban J connectivity index is 1.48. The Labute approximate surface area is 177 Å². The van der Waals surface area contributed by atoms with E-state index in [1.807, 2.05) is 19.9 Å². The van der Waals surface area contributed by atoms with Gasteiger partial charge in [0.2, 0.25) is 10.0 Å². The molecule has 0 radical (unpaired) electrons. The van der Waals surface area contributed by atoms with Gasteiger partial charge in [-0.3, -0.25) is 14.9 Å². The second-order valence-electron chi connectivity index (χ2n) is 7.01. The van der Waals surface area contributed by atoms with E-state index < -0.39 is 10.0 Å². The molecule has 2 aromatic rings. The lowest BCUT2D eigenvalue weighted by Gasteiger charge is -2.36. The van der Waals surface area contributed by atoms with Gasteiger partial charge in [0.25, 0.3) is 0 Å². The van der Waals surface area contributed by atoms with Crippen molar-refractivity contribution in [1.29, 1.82) is 0 Å². The van der Waals surface area contributed by atoms with E-state index in [1.54, 1.807) is 12.3 Å². The number of pyridine rings is 1. The normalized spacial score (nSPS) is 16.1. The van der Waals surface area contributed by atoms with Gasteiger partial charge in [-0.1, -0.05) is 5.16 Å². The number of aromatic nitrogens is 2. The van der Waals surface area contributed by atoms with Crippen molar-refractivity contribution in [3.63, 3.8) is 0 Å². The van der Waals surface area contributed by atoms with Gasteiger partial charge in [-0.25, -0.2) is 13.1 Å². The molecule has 0 aromatic carbocycles. The molecule has 1 saturated heterocycles. The average molecular weight is 436 g/mol. The lowest BCUT2D eigenvalue weighted by Crippen LogP contribution is -2.52. The summed E-state index contributed by atoms with van der Waals surface area (Å²) in [7, 11) is -3.57. The maximum atomic E-state index is 12.2. The van der Waals surface area contributed by atoms with Crippen LogP contribution in [0.1, 0.15) is 18.4 Å². The van der Waals surface area contributed by atoms with Crippen molar-refractivity contribution in [2.45, 2.75) is 25.3 Å². The van der Waals surface area contributed by atoms with Gasteiger partial charge >= 0.3 is 0 Å². The second-order valence-corrected chi connectivity index (χ2v) is 8.78. The number of nitrogens with one attached hydrogen (secondary N) is 2. The Morgan fingerprint density at radius 2 is 2.10 bits per heavy atom. The minimum absolute atomic E-state index is 0.152.